The molecule has 5 heteroatoms. The predicted molar refractivity (Wildman–Crippen MR) is 72.7 cm³/mol. The van der Waals surface area contributed by atoms with E-state index in [9.17, 15) is 9.90 Å². The van der Waals surface area contributed by atoms with Crippen molar-refractivity contribution in [1.29, 1.82) is 5.26 Å². The Bertz CT molecular complexity index is 705. The van der Waals surface area contributed by atoms with Gasteiger partial charge in [0, 0.05) is 15.6 Å². The fraction of sp³-hybridized carbons (Fsp3) is 0. The first-order valence-corrected chi connectivity index (χ1v) is 6.01. The van der Waals surface area contributed by atoms with Crippen LogP contribution in [0.1, 0.15) is 21.5 Å². The average Bonchev–Trinajstić information content (AvgIpc) is 2.40. The number of rotatable bonds is 2. The SMILES string of the molecule is N#Cc1cc(Cl)cc(C(=O)c2cc(Cl)ccc2O)c1. The molecule has 0 saturated heterocycles. The van der Waals surface area contributed by atoms with Crippen LogP contribution in [0.2, 0.25) is 10.0 Å². The molecule has 2 aromatic rings. The van der Waals surface area contributed by atoms with E-state index in [2.05, 4.69) is 0 Å². The molecule has 0 aliphatic carbocycles. The molecular weight excluding hydrogens is 285 g/mol. The highest BCUT2D eigenvalue weighted by atomic mass is 35.5. The third kappa shape index (κ3) is 2.87. The number of hydrogen-bond donors (Lipinski definition) is 1. The van der Waals surface area contributed by atoms with Gasteiger partial charge < -0.3 is 5.11 Å². The standard InChI is InChI=1S/C14H7Cl2NO2/c15-10-1-2-13(18)12(6-10)14(19)9-3-8(7-17)4-11(16)5-9/h1-6,18H. The number of carbonyl (C=O) groups excluding carboxylic acids is 1. The normalized spacial score (nSPS) is 9.95. The molecule has 3 nitrogen and oxygen atoms in total. The molecule has 0 unspecified atom stereocenters. The van der Waals surface area contributed by atoms with Crippen molar-refractivity contribution < 1.29 is 9.90 Å². The number of ketones is 1. The smallest absolute Gasteiger partial charge is 0.196 e. The van der Waals surface area contributed by atoms with Gasteiger partial charge in [-0.3, -0.25) is 4.79 Å². The van der Waals surface area contributed by atoms with Gasteiger partial charge in [0.15, 0.2) is 5.78 Å². The summed E-state index contributed by atoms with van der Waals surface area (Å²) in [5.74, 6) is -0.619. The van der Waals surface area contributed by atoms with Crippen LogP contribution >= 0.6 is 23.2 Å². The minimum Gasteiger partial charge on any atom is -0.507 e. The third-order valence-electron chi connectivity index (χ3n) is 2.49. The summed E-state index contributed by atoms with van der Waals surface area (Å²) >= 11 is 11.6. The molecule has 0 spiro atoms. The van der Waals surface area contributed by atoms with Crippen LogP contribution in [0.5, 0.6) is 5.75 Å². The van der Waals surface area contributed by atoms with Gasteiger partial charge >= 0.3 is 0 Å². The number of benzene rings is 2. The first-order valence-electron chi connectivity index (χ1n) is 5.25. The van der Waals surface area contributed by atoms with Crippen LogP contribution in [-0.4, -0.2) is 10.9 Å². The van der Waals surface area contributed by atoms with Crippen molar-refractivity contribution in [3.8, 4) is 11.8 Å². The fourth-order valence-electron chi connectivity index (χ4n) is 1.63. The van der Waals surface area contributed by atoms with E-state index in [0.29, 0.717) is 5.02 Å². The van der Waals surface area contributed by atoms with Crippen LogP contribution in [0, 0.1) is 11.3 Å². The summed E-state index contributed by atoms with van der Waals surface area (Å²) in [5, 5.41) is 19.2. The first kappa shape index (κ1) is 13.4. The summed E-state index contributed by atoms with van der Waals surface area (Å²) in [7, 11) is 0. The zero-order valence-electron chi connectivity index (χ0n) is 9.52. The van der Waals surface area contributed by atoms with Crippen LogP contribution in [0.3, 0.4) is 0 Å². The number of nitrogens with zero attached hydrogens (tertiary/aromatic N) is 1. The molecule has 0 bridgehead atoms. The van der Waals surface area contributed by atoms with Crippen LogP contribution in [0.4, 0.5) is 0 Å². The summed E-state index contributed by atoms with van der Waals surface area (Å²) in [4.78, 5) is 12.3. The average molecular weight is 292 g/mol. The van der Waals surface area contributed by atoms with Crippen molar-refractivity contribution in [3.05, 3.63) is 63.1 Å². The highest BCUT2D eigenvalue weighted by Gasteiger charge is 2.15. The van der Waals surface area contributed by atoms with E-state index in [4.69, 9.17) is 28.5 Å². The van der Waals surface area contributed by atoms with E-state index >= 15 is 0 Å². The Hall–Kier alpha value is -2.02. The van der Waals surface area contributed by atoms with Crippen molar-refractivity contribution in [2.24, 2.45) is 0 Å². The van der Waals surface area contributed by atoms with Gasteiger partial charge in [0.25, 0.3) is 0 Å². The molecule has 0 aliphatic rings. The zero-order chi connectivity index (χ0) is 14.0. The second-order valence-corrected chi connectivity index (χ2v) is 4.70. The molecule has 94 valence electrons. The Morgan fingerprint density at radius 1 is 1.11 bits per heavy atom. The quantitative estimate of drug-likeness (QED) is 0.856. The van der Waals surface area contributed by atoms with Crippen LogP contribution in [0.25, 0.3) is 0 Å². The molecular formula is C14H7Cl2NO2. The van der Waals surface area contributed by atoms with Crippen LogP contribution in [-0.2, 0) is 0 Å². The molecule has 0 atom stereocenters. The van der Waals surface area contributed by atoms with Gasteiger partial charge in [0.1, 0.15) is 5.75 Å². The van der Waals surface area contributed by atoms with E-state index in [1.165, 1.54) is 36.4 Å². The number of phenols is 1. The predicted octanol–water partition coefficient (Wildman–Crippen LogP) is 3.80. The molecule has 19 heavy (non-hydrogen) atoms. The zero-order valence-corrected chi connectivity index (χ0v) is 11.0. The lowest BCUT2D eigenvalue weighted by Gasteiger charge is -2.05. The van der Waals surface area contributed by atoms with E-state index in [1.54, 1.807) is 0 Å². The van der Waals surface area contributed by atoms with Gasteiger partial charge in [-0.25, -0.2) is 0 Å². The number of aromatic hydroxyl groups is 1. The fourth-order valence-corrected chi connectivity index (χ4v) is 2.04. The Morgan fingerprint density at radius 2 is 1.84 bits per heavy atom. The molecule has 0 fully saturated rings. The number of carbonyl (C=O) groups is 1. The van der Waals surface area contributed by atoms with Gasteiger partial charge in [-0.15, -0.1) is 0 Å². The van der Waals surface area contributed by atoms with Gasteiger partial charge in [-0.05, 0) is 36.4 Å². The summed E-state index contributed by atoms with van der Waals surface area (Å²) in [6, 6.07) is 10.4. The van der Waals surface area contributed by atoms with Crippen molar-refractivity contribution >= 4 is 29.0 Å². The van der Waals surface area contributed by atoms with Gasteiger partial charge in [-0.2, -0.15) is 5.26 Å². The van der Waals surface area contributed by atoms with Crippen molar-refractivity contribution in [1.82, 2.24) is 0 Å². The largest absolute Gasteiger partial charge is 0.507 e. The molecule has 0 amide bonds. The molecule has 1 N–H and O–H groups in total. The summed E-state index contributed by atoms with van der Waals surface area (Å²) in [6.45, 7) is 0. The Morgan fingerprint density at radius 3 is 2.53 bits per heavy atom. The lowest BCUT2D eigenvalue weighted by atomic mass is 10.0. The van der Waals surface area contributed by atoms with Crippen LogP contribution < -0.4 is 0 Å². The van der Waals surface area contributed by atoms with E-state index in [0.717, 1.165) is 0 Å². The molecule has 0 aromatic heterocycles. The van der Waals surface area contributed by atoms with Gasteiger partial charge in [0.05, 0.1) is 17.2 Å². The third-order valence-corrected chi connectivity index (χ3v) is 2.95. The second kappa shape index (κ2) is 5.31. The molecule has 0 radical (unpaired) electrons. The lowest BCUT2D eigenvalue weighted by Crippen LogP contribution is -2.02. The summed E-state index contributed by atoms with van der Waals surface area (Å²) in [5.41, 5.74) is 0.567. The van der Waals surface area contributed by atoms with Gasteiger partial charge in [-0.1, -0.05) is 23.2 Å². The number of halogens is 2. The summed E-state index contributed by atoms with van der Waals surface area (Å²) < 4.78 is 0. The molecule has 0 aliphatic heterocycles. The molecule has 2 rings (SSSR count). The lowest BCUT2D eigenvalue weighted by molar-refractivity contribution is 0.103. The maximum atomic E-state index is 12.3. The maximum absolute atomic E-state index is 12.3. The van der Waals surface area contributed by atoms with Crippen molar-refractivity contribution in [2.45, 2.75) is 0 Å². The Labute approximate surface area is 119 Å². The van der Waals surface area contributed by atoms with Gasteiger partial charge in [0.2, 0.25) is 0 Å². The number of phenolic OH excluding ortho intramolecular Hbond substituents is 1. The van der Waals surface area contributed by atoms with E-state index < -0.39 is 5.78 Å². The molecule has 2 aromatic carbocycles. The Balaban J connectivity index is 2.53. The number of hydrogen-bond acceptors (Lipinski definition) is 3. The highest BCUT2D eigenvalue weighted by Crippen LogP contribution is 2.25. The topological polar surface area (TPSA) is 61.1 Å². The monoisotopic (exact) mass is 291 g/mol. The Kier molecular flexibility index (Phi) is 3.75. The second-order valence-electron chi connectivity index (χ2n) is 3.83. The molecule has 0 heterocycles. The van der Waals surface area contributed by atoms with Crippen molar-refractivity contribution in [3.63, 3.8) is 0 Å². The highest BCUT2D eigenvalue weighted by molar-refractivity contribution is 6.32. The van der Waals surface area contributed by atoms with E-state index in [1.807, 2.05) is 6.07 Å². The maximum Gasteiger partial charge on any atom is 0.196 e. The first-order chi connectivity index (χ1) is 9.01. The van der Waals surface area contributed by atoms with Crippen molar-refractivity contribution in [2.75, 3.05) is 0 Å². The number of nitriles is 1. The minimum absolute atomic E-state index is 0.0682. The minimum atomic E-state index is -0.445. The molecule has 0 saturated carbocycles. The van der Waals surface area contributed by atoms with Crippen LogP contribution in [0.15, 0.2) is 36.4 Å². The summed E-state index contributed by atoms with van der Waals surface area (Å²) in [6.07, 6.45) is 0. The van der Waals surface area contributed by atoms with E-state index in [-0.39, 0.29) is 27.5 Å².